The van der Waals surface area contributed by atoms with Crippen molar-refractivity contribution in [2.45, 2.75) is 25.4 Å². The quantitative estimate of drug-likeness (QED) is 0.475. The van der Waals surface area contributed by atoms with Gasteiger partial charge in [0.2, 0.25) is 0 Å². The molecule has 0 aliphatic carbocycles. The number of fused-ring (bicyclic) bond motifs is 1. The van der Waals surface area contributed by atoms with Crippen molar-refractivity contribution < 1.29 is 0 Å². The van der Waals surface area contributed by atoms with E-state index in [0.29, 0.717) is 11.6 Å². The molecule has 1 aliphatic heterocycles. The van der Waals surface area contributed by atoms with Crippen LogP contribution < -0.4 is 5.32 Å². The van der Waals surface area contributed by atoms with Crippen molar-refractivity contribution in [3.63, 3.8) is 0 Å². The fourth-order valence-electron chi connectivity index (χ4n) is 4.16. The third kappa shape index (κ3) is 3.65. The molecule has 3 N–H and O–H groups in total. The molecule has 1 fully saturated rings. The molecule has 1 aliphatic rings. The molecule has 7 heteroatoms. The van der Waals surface area contributed by atoms with Crippen LogP contribution in [0.4, 0.5) is 5.69 Å². The lowest BCUT2D eigenvalue weighted by Crippen LogP contribution is -2.38. The molecule has 0 radical (unpaired) electrons. The number of hydrogen-bond acceptors (Lipinski definition) is 5. The summed E-state index contributed by atoms with van der Waals surface area (Å²) in [7, 11) is 0. The van der Waals surface area contributed by atoms with Crippen LogP contribution in [0.1, 0.15) is 24.0 Å². The topological polar surface area (TPSA) is 96.4 Å². The van der Waals surface area contributed by atoms with E-state index in [4.69, 9.17) is 5.26 Å². The lowest BCUT2D eigenvalue weighted by Gasteiger charge is -2.33. The maximum atomic E-state index is 8.95. The van der Waals surface area contributed by atoms with Gasteiger partial charge in [0.05, 0.1) is 23.5 Å². The van der Waals surface area contributed by atoms with Crippen molar-refractivity contribution in [1.82, 2.24) is 25.1 Å². The summed E-state index contributed by atoms with van der Waals surface area (Å²) < 4.78 is 0. The van der Waals surface area contributed by atoms with E-state index >= 15 is 0 Å². The molecule has 5 rings (SSSR count). The Balaban J connectivity index is 1.28. The highest BCUT2D eigenvalue weighted by atomic mass is 15.1. The first-order valence-corrected chi connectivity index (χ1v) is 10.2. The first-order chi connectivity index (χ1) is 14.8. The second-order valence-corrected chi connectivity index (χ2v) is 7.78. The summed E-state index contributed by atoms with van der Waals surface area (Å²) in [4.78, 5) is 10.2. The van der Waals surface area contributed by atoms with Crippen LogP contribution in [-0.4, -0.2) is 44.2 Å². The number of nitrogens with one attached hydrogen (secondary N) is 3. The van der Waals surface area contributed by atoms with Crippen LogP contribution in [-0.2, 0) is 6.54 Å². The minimum absolute atomic E-state index is 0.411. The molecule has 0 saturated carbocycles. The minimum atomic E-state index is 0.411. The van der Waals surface area contributed by atoms with E-state index in [0.717, 1.165) is 60.3 Å². The second kappa shape index (κ2) is 8.01. The Hall–Kier alpha value is -3.63. The molecule has 0 bridgehead atoms. The van der Waals surface area contributed by atoms with Gasteiger partial charge in [0.15, 0.2) is 0 Å². The number of piperidine rings is 1. The largest absolute Gasteiger partial charge is 0.381 e. The zero-order valence-corrected chi connectivity index (χ0v) is 16.6. The zero-order valence-electron chi connectivity index (χ0n) is 16.6. The molecule has 4 aromatic rings. The second-order valence-electron chi connectivity index (χ2n) is 7.78. The van der Waals surface area contributed by atoms with Gasteiger partial charge < -0.3 is 10.3 Å². The number of nitrogens with zero attached hydrogens (tertiary/aromatic N) is 4. The smallest absolute Gasteiger partial charge is 0.139 e. The van der Waals surface area contributed by atoms with Crippen LogP contribution in [0.15, 0.2) is 55.1 Å². The molecule has 3 aromatic heterocycles. The Bertz CT molecular complexity index is 1160. The van der Waals surface area contributed by atoms with Crippen molar-refractivity contribution in [3.05, 3.63) is 66.2 Å². The van der Waals surface area contributed by atoms with Gasteiger partial charge in [-0.1, -0.05) is 12.1 Å². The number of pyridine rings is 1. The number of H-pyrrole nitrogens is 2. The van der Waals surface area contributed by atoms with Crippen LogP contribution in [0, 0.1) is 11.3 Å². The summed E-state index contributed by atoms with van der Waals surface area (Å²) >= 11 is 0. The van der Waals surface area contributed by atoms with Crippen molar-refractivity contribution in [2.75, 3.05) is 18.4 Å². The van der Waals surface area contributed by atoms with Gasteiger partial charge in [0.1, 0.15) is 5.65 Å². The van der Waals surface area contributed by atoms with Gasteiger partial charge in [-0.3, -0.25) is 10.00 Å². The summed E-state index contributed by atoms with van der Waals surface area (Å²) in [5.74, 6) is 0. The van der Waals surface area contributed by atoms with Gasteiger partial charge >= 0.3 is 0 Å². The van der Waals surface area contributed by atoms with Crippen molar-refractivity contribution in [1.29, 1.82) is 5.26 Å². The van der Waals surface area contributed by atoms with Gasteiger partial charge in [0.25, 0.3) is 0 Å². The first kappa shape index (κ1) is 18.4. The fourth-order valence-corrected chi connectivity index (χ4v) is 4.16. The molecular formula is C23H23N7. The normalized spacial score (nSPS) is 15.3. The highest BCUT2D eigenvalue weighted by molar-refractivity contribution is 5.98. The van der Waals surface area contributed by atoms with Gasteiger partial charge in [-0.05, 0) is 36.6 Å². The standard InChI is InChI=1S/C23H23N7/c24-11-16-1-3-17(4-2-16)15-30-9-6-19(7-10-30)29-22-20-5-8-25-23(20)26-14-21(22)18-12-27-28-13-18/h1-5,8,12-14,19H,6-7,9-10,15H2,(H,27,28)(H2,25,26,29). The summed E-state index contributed by atoms with van der Waals surface area (Å²) in [5.41, 5.74) is 6.08. The molecule has 0 spiro atoms. The van der Waals surface area contributed by atoms with Crippen LogP contribution in [0.25, 0.3) is 22.2 Å². The van der Waals surface area contributed by atoms with Crippen molar-refractivity contribution >= 4 is 16.7 Å². The van der Waals surface area contributed by atoms with Crippen LogP contribution >= 0.6 is 0 Å². The van der Waals surface area contributed by atoms with E-state index in [-0.39, 0.29) is 0 Å². The number of hydrogen-bond donors (Lipinski definition) is 3. The predicted molar refractivity (Wildman–Crippen MR) is 117 cm³/mol. The predicted octanol–water partition coefficient (Wildman–Crippen LogP) is 3.90. The van der Waals surface area contributed by atoms with Gasteiger partial charge in [0, 0.05) is 60.8 Å². The highest BCUT2D eigenvalue weighted by Crippen LogP contribution is 2.34. The summed E-state index contributed by atoms with van der Waals surface area (Å²) in [6, 6.07) is 12.6. The van der Waals surface area contributed by atoms with Crippen LogP contribution in [0.3, 0.4) is 0 Å². The van der Waals surface area contributed by atoms with Gasteiger partial charge in [-0.15, -0.1) is 0 Å². The molecule has 7 nitrogen and oxygen atoms in total. The first-order valence-electron chi connectivity index (χ1n) is 10.2. The Labute approximate surface area is 174 Å². The van der Waals surface area contributed by atoms with E-state index < -0.39 is 0 Å². The number of benzene rings is 1. The lowest BCUT2D eigenvalue weighted by molar-refractivity contribution is 0.211. The SMILES string of the molecule is N#Cc1ccc(CN2CCC(Nc3c(-c4cn[nH]c4)cnc4[nH]ccc34)CC2)cc1. The molecule has 0 atom stereocenters. The molecule has 1 saturated heterocycles. The number of nitriles is 1. The Kier molecular flexibility index (Phi) is 4.91. The molecule has 150 valence electrons. The summed E-state index contributed by atoms with van der Waals surface area (Å²) in [5, 5.41) is 20.9. The average molecular weight is 397 g/mol. The molecule has 30 heavy (non-hydrogen) atoms. The Morgan fingerprint density at radius 1 is 1.13 bits per heavy atom. The summed E-state index contributed by atoms with van der Waals surface area (Å²) in [6.07, 6.45) is 9.74. The lowest BCUT2D eigenvalue weighted by atomic mass is 10.0. The molecule has 1 aromatic carbocycles. The molecule has 0 amide bonds. The van der Waals surface area contributed by atoms with Gasteiger partial charge in [-0.2, -0.15) is 10.4 Å². The van der Waals surface area contributed by atoms with E-state index in [9.17, 15) is 0 Å². The summed E-state index contributed by atoms with van der Waals surface area (Å²) in [6.45, 7) is 3.01. The molecular weight excluding hydrogens is 374 g/mol. The number of likely N-dealkylation sites (tertiary alicyclic amines) is 1. The van der Waals surface area contributed by atoms with Crippen LogP contribution in [0.5, 0.6) is 0 Å². The third-order valence-electron chi connectivity index (χ3n) is 5.82. The zero-order chi connectivity index (χ0) is 20.3. The maximum Gasteiger partial charge on any atom is 0.139 e. The average Bonchev–Trinajstić information content (AvgIpc) is 3.48. The molecule has 4 heterocycles. The maximum absolute atomic E-state index is 8.95. The Morgan fingerprint density at radius 2 is 1.97 bits per heavy atom. The molecule has 0 unspecified atom stereocenters. The number of rotatable bonds is 5. The van der Waals surface area contributed by atoms with Crippen molar-refractivity contribution in [3.8, 4) is 17.2 Å². The Morgan fingerprint density at radius 3 is 2.70 bits per heavy atom. The minimum Gasteiger partial charge on any atom is -0.381 e. The van der Waals surface area contributed by atoms with Crippen LogP contribution in [0.2, 0.25) is 0 Å². The third-order valence-corrected chi connectivity index (χ3v) is 5.82. The fraction of sp³-hybridized carbons (Fsp3) is 0.261. The number of aromatic amines is 2. The monoisotopic (exact) mass is 397 g/mol. The van der Waals surface area contributed by atoms with E-state index in [1.807, 2.05) is 36.9 Å². The van der Waals surface area contributed by atoms with E-state index in [1.54, 1.807) is 0 Å². The number of anilines is 1. The highest BCUT2D eigenvalue weighted by Gasteiger charge is 2.22. The van der Waals surface area contributed by atoms with E-state index in [1.165, 1.54) is 5.56 Å². The van der Waals surface area contributed by atoms with Crippen molar-refractivity contribution in [2.24, 2.45) is 0 Å². The van der Waals surface area contributed by atoms with E-state index in [2.05, 4.69) is 54.7 Å². The van der Waals surface area contributed by atoms with Gasteiger partial charge in [-0.25, -0.2) is 4.98 Å². The number of aromatic nitrogens is 4.